The number of benzene rings is 3. The molecule has 0 radical (unpaired) electrons. The van der Waals surface area contributed by atoms with Crippen molar-refractivity contribution in [2.45, 2.75) is 13.3 Å². The first-order valence-electron chi connectivity index (χ1n) is 9.10. The van der Waals surface area contributed by atoms with Crippen LogP contribution in [-0.4, -0.2) is 11.3 Å². The predicted molar refractivity (Wildman–Crippen MR) is 107 cm³/mol. The SMILES string of the molecule is Cc1[nH]c2cc(F)cc(F)c2c(=O)c1-c1ccc(-c2ccc(OC(F)(F)F)cc2)cc1. The van der Waals surface area contributed by atoms with Gasteiger partial charge >= 0.3 is 6.36 Å². The van der Waals surface area contributed by atoms with Crippen molar-refractivity contribution >= 4 is 10.9 Å². The van der Waals surface area contributed by atoms with E-state index in [1.165, 1.54) is 24.3 Å². The van der Waals surface area contributed by atoms with Crippen molar-refractivity contribution in [1.82, 2.24) is 4.98 Å². The minimum absolute atomic E-state index is 0.0709. The molecular formula is C23H14F5NO2. The zero-order chi connectivity index (χ0) is 22.3. The minimum atomic E-state index is -4.76. The summed E-state index contributed by atoms with van der Waals surface area (Å²) in [5.74, 6) is -2.07. The van der Waals surface area contributed by atoms with Crippen molar-refractivity contribution in [3.63, 3.8) is 0 Å². The molecular weight excluding hydrogens is 417 g/mol. The lowest BCUT2D eigenvalue weighted by Gasteiger charge is -2.11. The molecule has 1 N–H and O–H groups in total. The lowest BCUT2D eigenvalue weighted by atomic mass is 9.98. The van der Waals surface area contributed by atoms with Crippen LogP contribution >= 0.6 is 0 Å². The summed E-state index contributed by atoms with van der Waals surface area (Å²) in [4.78, 5) is 15.8. The molecule has 0 aliphatic heterocycles. The van der Waals surface area contributed by atoms with Crippen LogP contribution < -0.4 is 10.2 Å². The molecule has 0 unspecified atom stereocenters. The molecule has 3 nitrogen and oxygen atoms in total. The molecule has 4 rings (SSSR count). The zero-order valence-corrected chi connectivity index (χ0v) is 16.0. The van der Waals surface area contributed by atoms with Crippen molar-refractivity contribution in [3.8, 4) is 28.0 Å². The molecule has 1 aromatic heterocycles. The van der Waals surface area contributed by atoms with E-state index in [0.717, 1.165) is 6.07 Å². The predicted octanol–water partition coefficient (Wildman–Crippen LogP) is 6.35. The molecule has 0 atom stereocenters. The smallest absolute Gasteiger partial charge is 0.406 e. The largest absolute Gasteiger partial charge is 0.573 e. The molecule has 1 heterocycles. The summed E-state index contributed by atoms with van der Waals surface area (Å²) >= 11 is 0. The van der Waals surface area contributed by atoms with E-state index in [1.54, 1.807) is 31.2 Å². The number of aromatic nitrogens is 1. The summed E-state index contributed by atoms with van der Waals surface area (Å²) in [6, 6.07) is 13.8. The number of H-pyrrole nitrogens is 1. The maximum Gasteiger partial charge on any atom is 0.573 e. The summed E-state index contributed by atoms with van der Waals surface area (Å²) in [6.45, 7) is 1.63. The minimum Gasteiger partial charge on any atom is -0.406 e. The Kier molecular flexibility index (Phi) is 5.00. The standard InChI is InChI=1S/C23H14F5NO2/c1-12-20(22(30)21-18(25)10-16(24)11-19(21)29-12)15-4-2-13(3-5-15)14-6-8-17(9-7-14)31-23(26,27)28/h2-11H,1H3,(H,29,30). The van der Waals surface area contributed by atoms with E-state index in [0.29, 0.717) is 28.5 Å². The van der Waals surface area contributed by atoms with Gasteiger partial charge < -0.3 is 9.72 Å². The number of rotatable bonds is 3. The zero-order valence-electron chi connectivity index (χ0n) is 16.0. The van der Waals surface area contributed by atoms with Crippen LogP contribution in [0.4, 0.5) is 22.0 Å². The molecule has 3 aromatic carbocycles. The lowest BCUT2D eigenvalue weighted by Crippen LogP contribution is -2.16. The number of aryl methyl sites for hydroxylation is 1. The first-order valence-corrected chi connectivity index (χ1v) is 9.10. The average Bonchev–Trinajstić information content (AvgIpc) is 2.67. The summed E-state index contributed by atoms with van der Waals surface area (Å²) < 4.78 is 68.4. The van der Waals surface area contributed by atoms with Gasteiger partial charge in [0.05, 0.1) is 10.9 Å². The Hall–Kier alpha value is -3.68. The first kappa shape index (κ1) is 20.6. The highest BCUT2D eigenvalue weighted by atomic mass is 19.4. The lowest BCUT2D eigenvalue weighted by molar-refractivity contribution is -0.274. The fourth-order valence-electron chi connectivity index (χ4n) is 3.49. The van der Waals surface area contributed by atoms with E-state index >= 15 is 0 Å². The number of halogens is 5. The molecule has 0 spiro atoms. The monoisotopic (exact) mass is 431 g/mol. The van der Waals surface area contributed by atoms with E-state index in [-0.39, 0.29) is 22.2 Å². The molecule has 0 saturated heterocycles. The van der Waals surface area contributed by atoms with Crippen LogP contribution in [0.2, 0.25) is 0 Å². The average molecular weight is 431 g/mol. The number of pyridine rings is 1. The second-order valence-corrected chi connectivity index (χ2v) is 6.91. The number of alkyl halides is 3. The second-order valence-electron chi connectivity index (χ2n) is 6.91. The number of nitrogens with one attached hydrogen (secondary N) is 1. The molecule has 0 aliphatic carbocycles. The number of hydrogen-bond acceptors (Lipinski definition) is 2. The third-order valence-electron chi connectivity index (χ3n) is 4.80. The fourth-order valence-corrected chi connectivity index (χ4v) is 3.49. The van der Waals surface area contributed by atoms with Crippen LogP contribution in [-0.2, 0) is 0 Å². The van der Waals surface area contributed by atoms with Crippen molar-refractivity contribution < 1.29 is 26.7 Å². The van der Waals surface area contributed by atoms with Gasteiger partial charge in [-0.25, -0.2) is 8.78 Å². The van der Waals surface area contributed by atoms with Gasteiger partial charge in [-0.3, -0.25) is 4.79 Å². The maximum absolute atomic E-state index is 14.2. The van der Waals surface area contributed by atoms with Gasteiger partial charge in [0.25, 0.3) is 0 Å². The Bertz CT molecular complexity index is 1320. The third-order valence-corrected chi connectivity index (χ3v) is 4.80. The topological polar surface area (TPSA) is 42.1 Å². The fraction of sp³-hybridized carbons (Fsp3) is 0.0870. The van der Waals surface area contributed by atoms with Crippen molar-refractivity contribution in [3.05, 3.63) is 88.2 Å². The van der Waals surface area contributed by atoms with Crippen molar-refractivity contribution in [1.29, 1.82) is 0 Å². The van der Waals surface area contributed by atoms with Gasteiger partial charge in [0, 0.05) is 17.3 Å². The molecule has 158 valence electrons. The van der Waals surface area contributed by atoms with Crippen LogP contribution in [0.5, 0.6) is 5.75 Å². The molecule has 31 heavy (non-hydrogen) atoms. The van der Waals surface area contributed by atoms with Crippen LogP contribution in [0.15, 0.2) is 65.5 Å². The molecule has 0 aliphatic rings. The van der Waals surface area contributed by atoms with Gasteiger partial charge in [-0.2, -0.15) is 0 Å². The molecule has 0 amide bonds. The van der Waals surface area contributed by atoms with Crippen molar-refractivity contribution in [2.24, 2.45) is 0 Å². The van der Waals surface area contributed by atoms with Crippen LogP contribution in [0.1, 0.15) is 5.69 Å². The van der Waals surface area contributed by atoms with E-state index in [1.807, 2.05) is 0 Å². The Morgan fingerprint density at radius 3 is 1.97 bits per heavy atom. The first-order chi connectivity index (χ1) is 14.6. The maximum atomic E-state index is 14.2. The second kappa shape index (κ2) is 7.54. The quantitative estimate of drug-likeness (QED) is 0.384. The summed E-state index contributed by atoms with van der Waals surface area (Å²) in [7, 11) is 0. The molecule has 0 fully saturated rings. The van der Waals surface area contributed by atoms with Gasteiger partial charge in [-0.05, 0) is 41.8 Å². The number of hydrogen-bond donors (Lipinski definition) is 1. The van der Waals surface area contributed by atoms with Gasteiger partial charge in [0.15, 0.2) is 5.43 Å². The number of fused-ring (bicyclic) bond motifs is 1. The normalized spacial score (nSPS) is 11.7. The Morgan fingerprint density at radius 1 is 0.839 bits per heavy atom. The Balaban J connectivity index is 1.70. The van der Waals surface area contributed by atoms with Gasteiger partial charge in [0.1, 0.15) is 17.4 Å². The van der Waals surface area contributed by atoms with Gasteiger partial charge in [-0.15, -0.1) is 13.2 Å². The highest BCUT2D eigenvalue weighted by molar-refractivity contribution is 5.85. The van der Waals surface area contributed by atoms with Crippen LogP contribution in [0.3, 0.4) is 0 Å². The summed E-state index contributed by atoms with van der Waals surface area (Å²) in [5, 5.41) is -0.230. The van der Waals surface area contributed by atoms with Crippen LogP contribution in [0, 0.1) is 18.6 Å². The van der Waals surface area contributed by atoms with Gasteiger partial charge in [0.2, 0.25) is 0 Å². The third kappa shape index (κ3) is 4.14. The molecule has 0 saturated carbocycles. The van der Waals surface area contributed by atoms with E-state index in [9.17, 15) is 26.7 Å². The van der Waals surface area contributed by atoms with E-state index in [2.05, 4.69) is 9.72 Å². The van der Waals surface area contributed by atoms with E-state index in [4.69, 9.17) is 0 Å². The molecule has 8 heteroatoms. The molecule has 4 aromatic rings. The molecule has 0 bridgehead atoms. The van der Waals surface area contributed by atoms with Crippen LogP contribution in [0.25, 0.3) is 33.2 Å². The highest BCUT2D eigenvalue weighted by Crippen LogP contribution is 2.29. The van der Waals surface area contributed by atoms with Crippen molar-refractivity contribution in [2.75, 3.05) is 0 Å². The Morgan fingerprint density at radius 2 is 1.39 bits per heavy atom. The summed E-state index contributed by atoms with van der Waals surface area (Å²) in [6.07, 6.45) is -4.76. The number of ether oxygens (including phenoxy) is 1. The highest BCUT2D eigenvalue weighted by Gasteiger charge is 2.31. The van der Waals surface area contributed by atoms with Gasteiger partial charge in [-0.1, -0.05) is 36.4 Å². The Labute approximate surface area is 172 Å². The summed E-state index contributed by atoms with van der Waals surface area (Å²) in [5.41, 5.74) is 2.07. The number of aromatic amines is 1. The van der Waals surface area contributed by atoms with E-state index < -0.39 is 23.4 Å².